The van der Waals surface area contributed by atoms with Gasteiger partial charge in [-0.3, -0.25) is 19.3 Å². The molecule has 206 valence electrons. The van der Waals surface area contributed by atoms with E-state index in [2.05, 4.69) is 9.69 Å². The number of nitrogens with two attached hydrogens (primary N) is 2. The van der Waals surface area contributed by atoms with E-state index in [9.17, 15) is 14.4 Å². The number of benzene rings is 1. The molecular formula is C29H35N5O4S. The Hall–Kier alpha value is -3.66. The second-order valence-corrected chi connectivity index (χ2v) is 11.3. The molecule has 2 fully saturated rings. The first-order valence-electron chi connectivity index (χ1n) is 13.8. The second-order valence-electron chi connectivity index (χ2n) is 10.5. The molecule has 2 heterocycles. The molecule has 2 aromatic heterocycles. The molecule has 1 atom stereocenters. The van der Waals surface area contributed by atoms with Gasteiger partial charge in [0.05, 0.1) is 12.0 Å². The Morgan fingerprint density at radius 2 is 1.64 bits per heavy atom. The Bertz CT molecular complexity index is 1290. The van der Waals surface area contributed by atoms with Gasteiger partial charge in [-0.25, -0.2) is 0 Å². The molecule has 1 aromatic carbocycles. The van der Waals surface area contributed by atoms with Gasteiger partial charge in [0.1, 0.15) is 10.6 Å². The topological polar surface area (TPSA) is 145 Å². The number of furan rings is 1. The van der Waals surface area contributed by atoms with Crippen LogP contribution in [-0.2, 0) is 4.79 Å². The molecule has 0 unspecified atom stereocenters. The van der Waals surface area contributed by atoms with Crippen molar-refractivity contribution in [1.29, 1.82) is 0 Å². The largest absolute Gasteiger partial charge is 0.467 e. The van der Waals surface area contributed by atoms with E-state index in [1.54, 1.807) is 12.1 Å². The Kier molecular flexibility index (Phi) is 8.30. The van der Waals surface area contributed by atoms with Gasteiger partial charge in [0.2, 0.25) is 0 Å². The third-order valence-electron chi connectivity index (χ3n) is 7.89. The number of hydrogen-bond donors (Lipinski definition) is 3. The van der Waals surface area contributed by atoms with Crippen molar-refractivity contribution < 1.29 is 18.8 Å². The SMILES string of the molecule is NC(=O)c1nsc(C(=O)N(c2ccc(C3CCCCC3)cc2)[C@H](C(=O)NC2CCCCC2)c2ccco2)c1N. The first kappa shape index (κ1) is 26.9. The summed E-state index contributed by atoms with van der Waals surface area (Å²) in [5.41, 5.74) is 13.1. The number of carbonyl (C=O) groups is 3. The van der Waals surface area contributed by atoms with E-state index in [1.807, 2.05) is 24.3 Å². The van der Waals surface area contributed by atoms with E-state index in [0.29, 0.717) is 17.4 Å². The smallest absolute Gasteiger partial charge is 0.273 e. The van der Waals surface area contributed by atoms with Gasteiger partial charge in [-0.15, -0.1) is 0 Å². The number of hydrogen-bond acceptors (Lipinski definition) is 7. The Morgan fingerprint density at radius 3 is 2.23 bits per heavy atom. The molecule has 2 aliphatic rings. The fraction of sp³-hybridized carbons (Fsp3) is 0.448. The highest BCUT2D eigenvalue weighted by atomic mass is 32.1. The van der Waals surface area contributed by atoms with Crippen LogP contribution in [0.2, 0.25) is 0 Å². The van der Waals surface area contributed by atoms with Crippen LogP contribution in [0, 0.1) is 0 Å². The summed E-state index contributed by atoms with van der Waals surface area (Å²) >= 11 is 0.794. The molecular weight excluding hydrogens is 514 g/mol. The molecule has 0 saturated heterocycles. The fourth-order valence-electron chi connectivity index (χ4n) is 5.81. The number of nitrogen functional groups attached to an aromatic ring is 1. The number of nitrogens with zero attached hydrogens (tertiary/aromatic N) is 2. The summed E-state index contributed by atoms with van der Waals surface area (Å²) in [6.45, 7) is 0. The minimum Gasteiger partial charge on any atom is -0.467 e. The molecule has 0 spiro atoms. The van der Waals surface area contributed by atoms with Gasteiger partial charge >= 0.3 is 0 Å². The zero-order valence-corrected chi connectivity index (χ0v) is 22.8. The third kappa shape index (κ3) is 5.85. The maximum absolute atomic E-state index is 14.2. The van der Waals surface area contributed by atoms with Gasteiger partial charge in [0.15, 0.2) is 11.7 Å². The summed E-state index contributed by atoms with van der Waals surface area (Å²) in [6, 6.07) is 10.1. The Balaban J connectivity index is 1.55. The minimum atomic E-state index is -1.09. The highest BCUT2D eigenvalue weighted by molar-refractivity contribution is 7.09. The van der Waals surface area contributed by atoms with Gasteiger partial charge in [-0.1, -0.05) is 50.7 Å². The van der Waals surface area contributed by atoms with Crippen LogP contribution < -0.4 is 21.7 Å². The highest BCUT2D eigenvalue weighted by Gasteiger charge is 2.38. The molecule has 0 bridgehead atoms. The first-order chi connectivity index (χ1) is 18.9. The number of carbonyl (C=O) groups excluding carboxylic acids is 3. The van der Waals surface area contributed by atoms with Crippen molar-refractivity contribution >= 4 is 40.6 Å². The van der Waals surface area contributed by atoms with Crippen molar-refractivity contribution in [2.45, 2.75) is 82.2 Å². The van der Waals surface area contributed by atoms with Crippen LogP contribution in [0.4, 0.5) is 11.4 Å². The fourth-order valence-corrected chi connectivity index (χ4v) is 6.56. The summed E-state index contributed by atoms with van der Waals surface area (Å²) in [6.07, 6.45) is 12.5. The van der Waals surface area contributed by atoms with Crippen LogP contribution in [0.25, 0.3) is 0 Å². The molecule has 5 rings (SSSR count). The number of anilines is 2. The lowest BCUT2D eigenvalue weighted by Gasteiger charge is -2.32. The van der Waals surface area contributed by atoms with Crippen molar-refractivity contribution in [2.24, 2.45) is 5.73 Å². The quantitative estimate of drug-likeness (QED) is 0.348. The van der Waals surface area contributed by atoms with Crippen molar-refractivity contribution in [2.75, 3.05) is 10.6 Å². The average Bonchev–Trinajstić information content (AvgIpc) is 3.62. The summed E-state index contributed by atoms with van der Waals surface area (Å²) in [4.78, 5) is 41.3. The molecule has 10 heteroatoms. The number of rotatable bonds is 8. The van der Waals surface area contributed by atoms with E-state index in [-0.39, 0.29) is 28.2 Å². The van der Waals surface area contributed by atoms with E-state index in [4.69, 9.17) is 15.9 Å². The Labute approximate surface area is 232 Å². The van der Waals surface area contributed by atoms with E-state index < -0.39 is 17.9 Å². The molecule has 39 heavy (non-hydrogen) atoms. The normalized spacial score (nSPS) is 17.4. The average molecular weight is 550 g/mol. The lowest BCUT2D eigenvalue weighted by Crippen LogP contribution is -2.47. The number of aromatic nitrogens is 1. The lowest BCUT2D eigenvalue weighted by atomic mass is 9.84. The van der Waals surface area contributed by atoms with Crippen molar-refractivity contribution in [3.63, 3.8) is 0 Å². The van der Waals surface area contributed by atoms with Crippen LogP contribution in [0.15, 0.2) is 47.1 Å². The number of nitrogens with one attached hydrogen (secondary N) is 1. The molecule has 3 aromatic rings. The van der Waals surface area contributed by atoms with Gasteiger partial charge in [-0.05, 0) is 73.0 Å². The molecule has 0 radical (unpaired) electrons. The molecule has 0 aliphatic heterocycles. The summed E-state index contributed by atoms with van der Waals surface area (Å²) in [5.74, 6) is -0.888. The number of primary amides is 1. The number of amides is 3. The van der Waals surface area contributed by atoms with E-state index in [0.717, 1.165) is 56.5 Å². The van der Waals surface area contributed by atoms with Crippen LogP contribution in [0.3, 0.4) is 0 Å². The predicted octanol–water partition coefficient (Wildman–Crippen LogP) is 5.30. The Morgan fingerprint density at radius 1 is 0.974 bits per heavy atom. The summed E-state index contributed by atoms with van der Waals surface area (Å²) in [5, 5.41) is 3.15. The van der Waals surface area contributed by atoms with Crippen LogP contribution in [-0.4, -0.2) is 28.1 Å². The zero-order valence-electron chi connectivity index (χ0n) is 21.9. The van der Waals surface area contributed by atoms with Gasteiger partial charge in [-0.2, -0.15) is 4.37 Å². The standard InChI is InChI=1S/C29H35N5O4S/c30-23-24(27(31)35)33-39-26(23)29(37)34(21-15-13-19(14-16-21)18-8-3-1-4-9-18)25(22-12-7-17-38-22)28(36)32-20-10-5-2-6-11-20/h7,12-18,20,25H,1-6,8-11,30H2,(H2,31,35)(H,32,36)/t25-/m0/s1. The second kappa shape index (κ2) is 12.0. The summed E-state index contributed by atoms with van der Waals surface area (Å²) < 4.78 is 9.73. The molecule has 2 saturated carbocycles. The van der Waals surface area contributed by atoms with Crippen LogP contribution in [0.1, 0.15) is 108 Å². The predicted molar refractivity (Wildman–Crippen MR) is 151 cm³/mol. The van der Waals surface area contributed by atoms with Gasteiger partial charge in [0, 0.05) is 11.7 Å². The third-order valence-corrected chi connectivity index (χ3v) is 8.74. The molecule has 3 amide bonds. The highest BCUT2D eigenvalue weighted by Crippen LogP contribution is 2.37. The molecule has 5 N–H and O–H groups in total. The maximum atomic E-state index is 14.2. The van der Waals surface area contributed by atoms with Crippen molar-refractivity contribution in [1.82, 2.24) is 9.69 Å². The van der Waals surface area contributed by atoms with E-state index in [1.165, 1.54) is 36.0 Å². The maximum Gasteiger partial charge on any atom is 0.273 e. The zero-order chi connectivity index (χ0) is 27.4. The summed E-state index contributed by atoms with van der Waals surface area (Å²) in [7, 11) is 0. The monoisotopic (exact) mass is 549 g/mol. The lowest BCUT2D eigenvalue weighted by molar-refractivity contribution is -0.123. The molecule has 9 nitrogen and oxygen atoms in total. The van der Waals surface area contributed by atoms with Gasteiger partial charge < -0.3 is 21.2 Å². The van der Waals surface area contributed by atoms with Crippen molar-refractivity contribution in [3.8, 4) is 0 Å². The van der Waals surface area contributed by atoms with Crippen LogP contribution in [0.5, 0.6) is 0 Å². The van der Waals surface area contributed by atoms with Crippen LogP contribution >= 0.6 is 11.5 Å². The molecule has 2 aliphatic carbocycles. The van der Waals surface area contributed by atoms with E-state index >= 15 is 0 Å². The first-order valence-corrected chi connectivity index (χ1v) is 14.5. The minimum absolute atomic E-state index is 0.0317. The van der Waals surface area contributed by atoms with Crippen molar-refractivity contribution in [3.05, 3.63) is 64.6 Å². The van der Waals surface area contributed by atoms with Gasteiger partial charge in [0.25, 0.3) is 17.7 Å².